The summed E-state index contributed by atoms with van der Waals surface area (Å²) in [6.45, 7) is 3.29. The Balaban J connectivity index is 1.57. The molecule has 1 N–H and O–H groups in total. The van der Waals surface area contributed by atoms with Crippen molar-refractivity contribution in [2.75, 3.05) is 26.8 Å². The number of hydrogen-bond acceptors (Lipinski definition) is 3. The molecule has 0 spiro atoms. The maximum atomic E-state index is 5.62. The minimum atomic E-state index is 0.770. The summed E-state index contributed by atoms with van der Waals surface area (Å²) in [5, 5.41) is 3.48. The molecule has 3 nitrogen and oxygen atoms in total. The number of hydrogen-bond donors (Lipinski definition) is 1. The van der Waals surface area contributed by atoms with Gasteiger partial charge in [-0.15, -0.1) is 0 Å². The zero-order valence-corrected chi connectivity index (χ0v) is 11.0. The predicted octanol–water partition coefficient (Wildman–Crippen LogP) is 1.63. The summed E-state index contributed by atoms with van der Waals surface area (Å²) in [5.74, 6) is 0.804. The van der Waals surface area contributed by atoms with E-state index in [0.717, 1.165) is 37.3 Å². The van der Waals surface area contributed by atoms with Gasteiger partial charge in [-0.25, -0.2) is 0 Å². The van der Waals surface area contributed by atoms with Crippen LogP contribution in [-0.2, 0) is 4.74 Å². The van der Waals surface area contributed by atoms with Gasteiger partial charge in [0, 0.05) is 31.3 Å². The van der Waals surface area contributed by atoms with Crippen LogP contribution in [0.1, 0.15) is 38.5 Å². The summed E-state index contributed by atoms with van der Waals surface area (Å²) >= 11 is 0. The summed E-state index contributed by atoms with van der Waals surface area (Å²) < 4.78 is 5.62. The van der Waals surface area contributed by atoms with Crippen molar-refractivity contribution in [3.63, 3.8) is 0 Å². The molecule has 3 aliphatic heterocycles. The first-order valence-corrected chi connectivity index (χ1v) is 7.37. The standard InChI is InChI=1S/C14H26N2O/c1-15-12-7-13-4-5-14(8-12)16(13)9-11-3-2-6-17-10-11/h11-15H,2-10H2,1H3. The van der Waals surface area contributed by atoms with Crippen LogP contribution in [0.25, 0.3) is 0 Å². The molecule has 0 amide bonds. The van der Waals surface area contributed by atoms with E-state index in [1.165, 1.54) is 45.1 Å². The highest BCUT2D eigenvalue weighted by molar-refractivity contribution is 4.97. The molecule has 0 aromatic rings. The van der Waals surface area contributed by atoms with Crippen LogP contribution in [0.15, 0.2) is 0 Å². The van der Waals surface area contributed by atoms with Gasteiger partial charge in [0.15, 0.2) is 0 Å². The minimum absolute atomic E-state index is 0.770. The molecule has 3 atom stereocenters. The van der Waals surface area contributed by atoms with E-state index in [1.54, 1.807) is 0 Å². The maximum absolute atomic E-state index is 5.62. The lowest BCUT2D eigenvalue weighted by molar-refractivity contribution is 0.0188. The van der Waals surface area contributed by atoms with Crippen LogP contribution < -0.4 is 5.32 Å². The van der Waals surface area contributed by atoms with Gasteiger partial charge in [-0.2, -0.15) is 0 Å². The van der Waals surface area contributed by atoms with Crippen molar-refractivity contribution in [2.24, 2.45) is 5.92 Å². The van der Waals surface area contributed by atoms with Gasteiger partial charge in [0.2, 0.25) is 0 Å². The van der Waals surface area contributed by atoms with Gasteiger partial charge >= 0.3 is 0 Å². The van der Waals surface area contributed by atoms with Gasteiger partial charge in [-0.1, -0.05) is 0 Å². The lowest BCUT2D eigenvalue weighted by Gasteiger charge is -2.41. The molecule has 0 aromatic heterocycles. The molecule has 3 heteroatoms. The molecule has 3 aliphatic rings. The van der Waals surface area contributed by atoms with Gasteiger partial charge < -0.3 is 10.1 Å². The molecule has 3 saturated heterocycles. The lowest BCUT2D eigenvalue weighted by atomic mass is 9.94. The monoisotopic (exact) mass is 238 g/mol. The molecular formula is C14H26N2O. The summed E-state index contributed by atoms with van der Waals surface area (Å²) in [6.07, 6.45) is 8.23. The molecule has 0 radical (unpaired) electrons. The number of fused-ring (bicyclic) bond motifs is 2. The van der Waals surface area contributed by atoms with E-state index in [1.807, 2.05) is 0 Å². The molecule has 2 bridgehead atoms. The van der Waals surface area contributed by atoms with Crippen molar-refractivity contribution in [3.8, 4) is 0 Å². The number of nitrogens with zero attached hydrogens (tertiary/aromatic N) is 1. The second kappa shape index (κ2) is 5.25. The molecule has 0 saturated carbocycles. The predicted molar refractivity (Wildman–Crippen MR) is 69.1 cm³/mol. The van der Waals surface area contributed by atoms with Crippen LogP contribution in [0.5, 0.6) is 0 Å². The van der Waals surface area contributed by atoms with E-state index in [-0.39, 0.29) is 0 Å². The Morgan fingerprint density at radius 3 is 2.53 bits per heavy atom. The highest BCUT2D eigenvalue weighted by atomic mass is 16.5. The Labute approximate surface area is 105 Å². The number of rotatable bonds is 3. The van der Waals surface area contributed by atoms with Crippen LogP contribution >= 0.6 is 0 Å². The summed E-state index contributed by atoms with van der Waals surface area (Å²) in [6, 6.07) is 2.48. The number of nitrogens with one attached hydrogen (secondary N) is 1. The van der Waals surface area contributed by atoms with Crippen LogP contribution in [-0.4, -0.2) is 49.8 Å². The van der Waals surface area contributed by atoms with Gasteiger partial charge in [-0.05, 0) is 51.5 Å². The van der Waals surface area contributed by atoms with Gasteiger partial charge in [0.1, 0.15) is 0 Å². The smallest absolute Gasteiger partial charge is 0.0506 e. The van der Waals surface area contributed by atoms with E-state index in [2.05, 4.69) is 17.3 Å². The fourth-order valence-corrected chi connectivity index (χ4v) is 4.06. The SMILES string of the molecule is CNC1CC2CCC(C1)N2CC1CCCOC1. The average Bonchev–Trinajstić information content (AvgIpc) is 2.63. The number of piperidine rings is 1. The third kappa shape index (κ3) is 2.51. The molecule has 3 heterocycles. The van der Waals surface area contributed by atoms with E-state index in [0.29, 0.717) is 0 Å². The first-order valence-electron chi connectivity index (χ1n) is 7.37. The summed E-state index contributed by atoms with van der Waals surface area (Å²) in [7, 11) is 2.12. The first kappa shape index (κ1) is 11.9. The topological polar surface area (TPSA) is 24.5 Å². The second-order valence-electron chi connectivity index (χ2n) is 6.12. The van der Waals surface area contributed by atoms with E-state index in [9.17, 15) is 0 Å². The Morgan fingerprint density at radius 1 is 1.18 bits per heavy atom. The third-order valence-corrected chi connectivity index (χ3v) is 5.02. The molecule has 3 rings (SSSR count). The summed E-state index contributed by atoms with van der Waals surface area (Å²) in [5.41, 5.74) is 0. The van der Waals surface area contributed by atoms with Gasteiger partial charge in [0.25, 0.3) is 0 Å². The lowest BCUT2D eigenvalue weighted by Crippen LogP contribution is -2.50. The summed E-state index contributed by atoms with van der Waals surface area (Å²) in [4.78, 5) is 2.81. The van der Waals surface area contributed by atoms with E-state index < -0.39 is 0 Å². The Bertz CT molecular complexity index is 239. The van der Waals surface area contributed by atoms with Crippen molar-refractivity contribution in [1.82, 2.24) is 10.2 Å². The van der Waals surface area contributed by atoms with Crippen molar-refractivity contribution in [2.45, 2.75) is 56.7 Å². The Morgan fingerprint density at radius 2 is 1.94 bits per heavy atom. The fraction of sp³-hybridized carbons (Fsp3) is 1.00. The highest BCUT2D eigenvalue weighted by Crippen LogP contribution is 2.36. The number of ether oxygens (including phenoxy) is 1. The van der Waals surface area contributed by atoms with Crippen molar-refractivity contribution >= 4 is 0 Å². The van der Waals surface area contributed by atoms with Crippen molar-refractivity contribution in [1.29, 1.82) is 0 Å². The van der Waals surface area contributed by atoms with Crippen molar-refractivity contribution < 1.29 is 4.74 Å². The maximum Gasteiger partial charge on any atom is 0.0506 e. The minimum Gasteiger partial charge on any atom is -0.381 e. The second-order valence-corrected chi connectivity index (χ2v) is 6.12. The quantitative estimate of drug-likeness (QED) is 0.809. The molecule has 0 aromatic carbocycles. The fourth-order valence-electron chi connectivity index (χ4n) is 4.06. The van der Waals surface area contributed by atoms with Gasteiger partial charge in [0.05, 0.1) is 6.61 Å². The van der Waals surface area contributed by atoms with Crippen LogP contribution in [0.3, 0.4) is 0 Å². The van der Waals surface area contributed by atoms with Gasteiger partial charge in [-0.3, -0.25) is 4.90 Å². The van der Waals surface area contributed by atoms with Crippen LogP contribution in [0.4, 0.5) is 0 Å². The average molecular weight is 238 g/mol. The normalized spacial score (nSPS) is 42.9. The molecule has 3 fully saturated rings. The third-order valence-electron chi connectivity index (χ3n) is 5.02. The molecule has 3 unspecified atom stereocenters. The largest absolute Gasteiger partial charge is 0.381 e. The molecule has 17 heavy (non-hydrogen) atoms. The van der Waals surface area contributed by atoms with Crippen LogP contribution in [0, 0.1) is 5.92 Å². The van der Waals surface area contributed by atoms with E-state index in [4.69, 9.17) is 4.74 Å². The van der Waals surface area contributed by atoms with Crippen molar-refractivity contribution in [3.05, 3.63) is 0 Å². The van der Waals surface area contributed by atoms with Crippen LogP contribution in [0.2, 0.25) is 0 Å². The zero-order valence-electron chi connectivity index (χ0n) is 11.0. The highest BCUT2D eigenvalue weighted by Gasteiger charge is 2.40. The first-order chi connectivity index (χ1) is 8.36. The van der Waals surface area contributed by atoms with E-state index >= 15 is 0 Å². The molecule has 0 aliphatic carbocycles. The zero-order chi connectivity index (χ0) is 11.7. The Kier molecular flexibility index (Phi) is 3.69. The molecule has 98 valence electrons. The molecular weight excluding hydrogens is 212 g/mol. The Hall–Kier alpha value is -0.120.